The molecule has 0 aliphatic rings. The van der Waals surface area contributed by atoms with Gasteiger partial charge in [0.2, 0.25) is 0 Å². The van der Waals surface area contributed by atoms with Gasteiger partial charge in [-0.1, -0.05) is 24.6 Å². The summed E-state index contributed by atoms with van der Waals surface area (Å²) in [4.78, 5) is 0. The van der Waals surface area contributed by atoms with Crippen LogP contribution in [0.1, 0.15) is 55.0 Å². The van der Waals surface area contributed by atoms with Crippen molar-refractivity contribution in [2.75, 3.05) is 0 Å². The average molecular weight is 243 g/mol. The maximum atomic E-state index is 5.41. The normalized spacial score (nSPS) is 14.0. The highest BCUT2D eigenvalue weighted by molar-refractivity contribution is 5.39. The summed E-state index contributed by atoms with van der Waals surface area (Å²) < 4.78 is 0. The fourth-order valence-corrected chi connectivity index (χ4v) is 2.77. The molecule has 0 aromatic heterocycles. The molecular weight excluding hydrogens is 218 g/mol. The lowest BCUT2D eigenvalue weighted by atomic mass is 9.94. The SMILES string of the molecule is C#CCC(CC)NC(C)c1c(C)cc(C)cc1C. The van der Waals surface area contributed by atoms with E-state index in [1.54, 1.807) is 0 Å². The molecule has 1 rings (SSSR count). The average Bonchev–Trinajstić information content (AvgIpc) is 2.26. The number of rotatable bonds is 5. The molecule has 0 bridgehead atoms. The summed E-state index contributed by atoms with van der Waals surface area (Å²) in [6, 6.07) is 5.26. The van der Waals surface area contributed by atoms with E-state index in [2.05, 4.69) is 58.0 Å². The van der Waals surface area contributed by atoms with Gasteiger partial charge in [0.1, 0.15) is 0 Å². The molecule has 1 heteroatoms. The van der Waals surface area contributed by atoms with Crippen LogP contribution in [-0.4, -0.2) is 6.04 Å². The first-order chi connectivity index (χ1) is 8.49. The molecule has 1 aromatic carbocycles. The van der Waals surface area contributed by atoms with E-state index in [4.69, 9.17) is 6.42 Å². The van der Waals surface area contributed by atoms with Crippen LogP contribution in [0.5, 0.6) is 0 Å². The van der Waals surface area contributed by atoms with Crippen molar-refractivity contribution in [1.29, 1.82) is 0 Å². The summed E-state index contributed by atoms with van der Waals surface area (Å²) in [5.41, 5.74) is 5.47. The lowest BCUT2D eigenvalue weighted by Gasteiger charge is -2.24. The molecule has 0 saturated heterocycles. The van der Waals surface area contributed by atoms with Gasteiger partial charge in [-0.05, 0) is 50.8 Å². The van der Waals surface area contributed by atoms with Gasteiger partial charge in [0.05, 0.1) is 0 Å². The predicted molar refractivity (Wildman–Crippen MR) is 79.7 cm³/mol. The Morgan fingerprint density at radius 2 is 1.78 bits per heavy atom. The van der Waals surface area contributed by atoms with Gasteiger partial charge in [-0.2, -0.15) is 0 Å². The second-order valence-corrected chi connectivity index (χ2v) is 5.21. The third kappa shape index (κ3) is 3.62. The maximum Gasteiger partial charge on any atom is 0.0299 e. The molecular formula is C17H25N. The lowest BCUT2D eigenvalue weighted by Crippen LogP contribution is -2.31. The molecule has 0 spiro atoms. The number of benzene rings is 1. The Bertz CT molecular complexity index is 416. The molecule has 1 aromatic rings. The Labute approximate surface area is 112 Å². The molecule has 0 fully saturated rings. The highest BCUT2D eigenvalue weighted by atomic mass is 14.9. The largest absolute Gasteiger partial charge is 0.306 e. The third-order valence-electron chi connectivity index (χ3n) is 3.51. The van der Waals surface area contributed by atoms with E-state index >= 15 is 0 Å². The zero-order chi connectivity index (χ0) is 13.7. The number of nitrogens with one attached hydrogen (secondary N) is 1. The summed E-state index contributed by atoms with van der Waals surface area (Å²) in [6.07, 6.45) is 7.27. The van der Waals surface area contributed by atoms with E-state index in [1.807, 2.05) is 0 Å². The lowest BCUT2D eigenvalue weighted by molar-refractivity contribution is 0.447. The van der Waals surface area contributed by atoms with Crippen molar-refractivity contribution in [2.45, 2.75) is 59.5 Å². The highest BCUT2D eigenvalue weighted by Crippen LogP contribution is 2.24. The smallest absolute Gasteiger partial charge is 0.0299 e. The van der Waals surface area contributed by atoms with Crippen molar-refractivity contribution in [3.05, 3.63) is 34.4 Å². The van der Waals surface area contributed by atoms with Gasteiger partial charge < -0.3 is 5.32 Å². The minimum Gasteiger partial charge on any atom is -0.306 e. The zero-order valence-corrected chi connectivity index (χ0v) is 12.3. The van der Waals surface area contributed by atoms with Crippen molar-refractivity contribution < 1.29 is 0 Å². The number of hydrogen-bond donors (Lipinski definition) is 1. The molecule has 1 nitrogen and oxygen atoms in total. The van der Waals surface area contributed by atoms with E-state index in [9.17, 15) is 0 Å². The Kier molecular flexibility index (Phi) is 5.44. The molecule has 0 aliphatic heterocycles. The molecule has 0 aliphatic carbocycles. The maximum absolute atomic E-state index is 5.41. The standard InChI is InChI=1S/C17H25N/c1-7-9-16(8-2)18-15(6)17-13(4)10-12(3)11-14(17)5/h1,10-11,15-16,18H,8-9H2,2-6H3. The van der Waals surface area contributed by atoms with Crippen LogP contribution >= 0.6 is 0 Å². The van der Waals surface area contributed by atoms with Crippen molar-refractivity contribution in [2.24, 2.45) is 0 Å². The fourth-order valence-electron chi connectivity index (χ4n) is 2.77. The van der Waals surface area contributed by atoms with Gasteiger partial charge in [0.15, 0.2) is 0 Å². The second-order valence-electron chi connectivity index (χ2n) is 5.21. The minimum absolute atomic E-state index is 0.351. The Morgan fingerprint density at radius 1 is 1.22 bits per heavy atom. The van der Waals surface area contributed by atoms with Gasteiger partial charge >= 0.3 is 0 Å². The first-order valence-electron chi connectivity index (χ1n) is 6.76. The molecule has 0 amide bonds. The van der Waals surface area contributed by atoms with Crippen LogP contribution in [0.3, 0.4) is 0 Å². The van der Waals surface area contributed by atoms with Crippen LogP contribution < -0.4 is 5.32 Å². The van der Waals surface area contributed by atoms with E-state index < -0.39 is 0 Å². The van der Waals surface area contributed by atoms with Crippen LogP contribution in [0, 0.1) is 33.1 Å². The van der Waals surface area contributed by atoms with Crippen molar-refractivity contribution >= 4 is 0 Å². The van der Waals surface area contributed by atoms with Crippen LogP contribution in [0.25, 0.3) is 0 Å². The molecule has 98 valence electrons. The summed E-state index contributed by atoms with van der Waals surface area (Å²) in [6.45, 7) is 10.9. The van der Waals surface area contributed by atoms with Crippen LogP contribution in [0.15, 0.2) is 12.1 Å². The first kappa shape index (κ1) is 14.8. The van der Waals surface area contributed by atoms with E-state index in [-0.39, 0.29) is 0 Å². The highest BCUT2D eigenvalue weighted by Gasteiger charge is 2.15. The fraction of sp³-hybridized carbons (Fsp3) is 0.529. The van der Waals surface area contributed by atoms with Crippen LogP contribution in [0.2, 0.25) is 0 Å². The summed E-state index contributed by atoms with van der Waals surface area (Å²) in [7, 11) is 0. The molecule has 0 saturated carbocycles. The minimum atomic E-state index is 0.351. The van der Waals surface area contributed by atoms with Crippen molar-refractivity contribution in [1.82, 2.24) is 5.32 Å². The molecule has 0 radical (unpaired) electrons. The van der Waals surface area contributed by atoms with Crippen LogP contribution in [-0.2, 0) is 0 Å². The quantitative estimate of drug-likeness (QED) is 0.769. The Morgan fingerprint density at radius 3 is 2.22 bits per heavy atom. The first-order valence-corrected chi connectivity index (χ1v) is 6.76. The summed E-state index contributed by atoms with van der Waals surface area (Å²) >= 11 is 0. The predicted octanol–water partition coefficient (Wildman–Crippen LogP) is 4.06. The molecule has 0 heterocycles. The Balaban J connectivity index is 2.90. The van der Waals surface area contributed by atoms with E-state index in [0.29, 0.717) is 12.1 Å². The number of terminal acetylenes is 1. The topological polar surface area (TPSA) is 12.0 Å². The number of hydrogen-bond acceptors (Lipinski definition) is 1. The molecule has 2 atom stereocenters. The van der Waals surface area contributed by atoms with Crippen molar-refractivity contribution in [3.63, 3.8) is 0 Å². The van der Waals surface area contributed by atoms with Gasteiger partial charge in [-0.25, -0.2) is 0 Å². The number of aryl methyl sites for hydroxylation is 3. The Hall–Kier alpha value is -1.26. The zero-order valence-electron chi connectivity index (χ0n) is 12.3. The van der Waals surface area contributed by atoms with Crippen molar-refractivity contribution in [3.8, 4) is 12.3 Å². The monoisotopic (exact) mass is 243 g/mol. The molecule has 1 N–H and O–H groups in total. The molecule has 2 unspecified atom stereocenters. The van der Waals surface area contributed by atoms with E-state index in [0.717, 1.165) is 12.8 Å². The van der Waals surface area contributed by atoms with Gasteiger partial charge in [0, 0.05) is 18.5 Å². The van der Waals surface area contributed by atoms with Gasteiger partial charge in [-0.3, -0.25) is 0 Å². The third-order valence-corrected chi connectivity index (χ3v) is 3.51. The molecule has 18 heavy (non-hydrogen) atoms. The van der Waals surface area contributed by atoms with E-state index in [1.165, 1.54) is 22.3 Å². The summed E-state index contributed by atoms with van der Waals surface area (Å²) in [5, 5.41) is 3.64. The van der Waals surface area contributed by atoms with Gasteiger partial charge in [0.25, 0.3) is 0 Å². The second kappa shape index (κ2) is 6.61. The summed E-state index contributed by atoms with van der Waals surface area (Å²) in [5.74, 6) is 2.75. The van der Waals surface area contributed by atoms with Gasteiger partial charge in [-0.15, -0.1) is 12.3 Å². The van der Waals surface area contributed by atoms with Crippen LogP contribution in [0.4, 0.5) is 0 Å².